The van der Waals surface area contributed by atoms with Crippen LogP contribution in [0.25, 0.3) is 10.9 Å². The fourth-order valence-corrected chi connectivity index (χ4v) is 3.29. The predicted molar refractivity (Wildman–Crippen MR) is 84.6 cm³/mol. The maximum absolute atomic E-state index is 5.77. The lowest BCUT2D eigenvalue weighted by Crippen LogP contribution is -2.28. The van der Waals surface area contributed by atoms with Crippen molar-refractivity contribution in [1.29, 1.82) is 0 Å². The van der Waals surface area contributed by atoms with Crippen molar-refractivity contribution >= 4 is 10.9 Å². The summed E-state index contributed by atoms with van der Waals surface area (Å²) in [7, 11) is 0. The molecule has 1 saturated heterocycles. The molecule has 2 N–H and O–H groups in total. The Kier molecular flexibility index (Phi) is 4.08. The fourth-order valence-electron chi connectivity index (χ4n) is 3.29. The smallest absolute Gasteiger partial charge is 0.0486 e. The van der Waals surface area contributed by atoms with Gasteiger partial charge in [-0.15, -0.1) is 0 Å². The molecule has 1 fully saturated rings. The number of likely N-dealkylation sites (tertiary alicyclic amines) is 1. The van der Waals surface area contributed by atoms with Gasteiger partial charge in [0.05, 0.1) is 0 Å². The molecular weight excluding hydrogens is 246 g/mol. The lowest BCUT2D eigenvalue weighted by Gasteiger charge is -2.26. The number of benzene rings is 1. The van der Waals surface area contributed by atoms with Gasteiger partial charge in [0.1, 0.15) is 0 Å². The van der Waals surface area contributed by atoms with Crippen LogP contribution >= 0.6 is 0 Å². The van der Waals surface area contributed by atoms with Gasteiger partial charge in [-0.25, -0.2) is 0 Å². The lowest BCUT2D eigenvalue weighted by molar-refractivity contribution is 0.221. The molecule has 2 heterocycles. The molecule has 0 atom stereocenters. The van der Waals surface area contributed by atoms with Crippen molar-refractivity contribution in [3.63, 3.8) is 0 Å². The zero-order chi connectivity index (χ0) is 13.9. The number of rotatable bonds is 4. The van der Waals surface area contributed by atoms with E-state index in [1.54, 1.807) is 0 Å². The van der Waals surface area contributed by atoms with Gasteiger partial charge in [-0.2, -0.15) is 0 Å². The van der Waals surface area contributed by atoms with Crippen LogP contribution in [0.1, 0.15) is 37.3 Å². The van der Waals surface area contributed by atoms with Gasteiger partial charge in [0, 0.05) is 36.7 Å². The number of aromatic nitrogens is 1. The molecule has 3 rings (SSSR count). The minimum Gasteiger partial charge on any atom is -0.347 e. The van der Waals surface area contributed by atoms with Crippen LogP contribution in [-0.2, 0) is 19.6 Å². The van der Waals surface area contributed by atoms with Crippen molar-refractivity contribution in [3.05, 3.63) is 35.5 Å². The fraction of sp³-hybridized carbons (Fsp3) is 0.529. The van der Waals surface area contributed by atoms with Crippen LogP contribution in [0.3, 0.4) is 0 Å². The van der Waals surface area contributed by atoms with Crippen LogP contribution in [0.4, 0.5) is 0 Å². The zero-order valence-corrected chi connectivity index (χ0v) is 12.4. The molecule has 1 aliphatic heterocycles. The van der Waals surface area contributed by atoms with Crippen molar-refractivity contribution < 1.29 is 0 Å². The van der Waals surface area contributed by atoms with E-state index in [0.29, 0.717) is 6.54 Å². The van der Waals surface area contributed by atoms with E-state index in [1.807, 2.05) is 0 Å². The van der Waals surface area contributed by atoms with Gasteiger partial charge in [-0.05, 0) is 50.0 Å². The van der Waals surface area contributed by atoms with Crippen LogP contribution in [-0.4, -0.2) is 22.6 Å². The summed E-state index contributed by atoms with van der Waals surface area (Å²) in [6.07, 6.45) is 6.43. The molecule has 3 heteroatoms. The molecule has 2 aromatic rings. The van der Waals surface area contributed by atoms with Gasteiger partial charge in [0.15, 0.2) is 0 Å². The van der Waals surface area contributed by atoms with E-state index in [4.69, 9.17) is 5.73 Å². The maximum Gasteiger partial charge on any atom is 0.0486 e. The summed E-state index contributed by atoms with van der Waals surface area (Å²) in [5.41, 5.74) is 9.79. The van der Waals surface area contributed by atoms with Gasteiger partial charge in [0.25, 0.3) is 0 Å². The normalized spacial score (nSPS) is 16.9. The molecule has 0 amide bonds. The summed E-state index contributed by atoms with van der Waals surface area (Å²) < 4.78 is 2.35. The van der Waals surface area contributed by atoms with E-state index in [1.165, 1.54) is 54.4 Å². The first-order valence-electron chi connectivity index (χ1n) is 7.85. The van der Waals surface area contributed by atoms with E-state index >= 15 is 0 Å². The van der Waals surface area contributed by atoms with E-state index in [9.17, 15) is 0 Å². The van der Waals surface area contributed by atoms with Gasteiger partial charge < -0.3 is 10.3 Å². The predicted octanol–water partition coefficient (Wildman–Crippen LogP) is 3.11. The quantitative estimate of drug-likeness (QED) is 0.927. The van der Waals surface area contributed by atoms with Gasteiger partial charge >= 0.3 is 0 Å². The monoisotopic (exact) mass is 271 g/mol. The molecule has 108 valence electrons. The Morgan fingerprint density at radius 1 is 1.15 bits per heavy atom. The van der Waals surface area contributed by atoms with E-state index in [-0.39, 0.29) is 0 Å². The van der Waals surface area contributed by atoms with Gasteiger partial charge in [-0.1, -0.05) is 18.6 Å². The first-order valence-corrected chi connectivity index (χ1v) is 7.85. The molecular formula is C17H25N3. The second-order valence-electron chi connectivity index (χ2n) is 5.83. The standard InChI is InChI=1S/C17H25N3/c1-2-20-13-15(12-19-8-4-3-5-9-19)16-7-6-14(11-18)10-17(16)20/h6-7,10,13H,2-5,8-9,11-12,18H2,1H3. The maximum atomic E-state index is 5.77. The molecule has 1 aromatic carbocycles. The highest BCUT2D eigenvalue weighted by Gasteiger charge is 2.14. The van der Waals surface area contributed by atoms with Crippen LogP contribution in [0, 0.1) is 0 Å². The largest absolute Gasteiger partial charge is 0.347 e. The molecule has 0 unspecified atom stereocenters. The number of hydrogen-bond acceptors (Lipinski definition) is 2. The number of aryl methyl sites for hydroxylation is 1. The Bertz CT molecular complexity index is 579. The third-order valence-electron chi connectivity index (χ3n) is 4.45. The number of nitrogens with zero attached hydrogens (tertiary/aromatic N) is 2. The van der Waals surface area contributed by atoms with Gasteiger partial charge in [0.2, 0.25) is 0 Å². The molecule has 0 saturated carbocycles. The van der Waals surface area contributed by atoms with Gasteiger partial charge in [-0.3, -0.25) is 4.90 Å². The SMILES string of the molecule is CCn1cc(CN2CCCCC2)c2ccc(CN)cc21. The van der Waals surface area contributed by atoms with Crippen LogP contribution in [0.2, 0.25) is 0 Å². The summed E-state index contributed by atoms with van der Waals surface area (Å²) in [6, 6.07) is 6.67. The Hall–Kier alpha value is -1.32. The third kappa shape index (κ3) is 2.60. The first kappa shape index (κ1) is 13.7. The van der Waals surface area contributed by atoms with Crippen molar-refractivity contribution in [1.82, 2.24) is 9.47 Å². The van der Waals surface area contributed by atoms with Crippen LogP contribution in [0.5, 0.6) is 0 Å². The molecule has 1 aromatic heterocycles. The summed E-state index contributed by atoms with van der Waals surface area (Å²) in [6.45, 7) is 7.43. The average Bonchev–Trinajstić information content (AvgIpc) is 2.85. The Labute approximate surface area is 121 Å². The minimum atomic E-state index is 0.617. The molecule has 20 heavy (non-hydrogen) atoms. The molecule has 0 aliphatic carbocycles. The summed E-state index contributed by atoms with van der Waals surface area (Å²) in [5.74, 6) is 0. The molecule has 0 radical (unpaired) electrons. The van der Waals surface area contributed by atoms with E-state index < -0.39 is 0 Å². The number of hydrogen-bond donors (Lipinski definition) is 1. The second-order valence-corrected chi connectivity index (χ2v) is 5.83. The molecule has 0 spiro atoms. The first-order chi connectivity index (χ1) is 9.81. The van der Waals surface area contributed by atoms with Crippen LogP contribution in [0.15, 0.2) is 24.4 Å². The number of fused-ring (bicyclic) bond motifs is 1. The number of nitrogens with two attached hydrogens (primary N) is 1. The number of piperidine rings is 1. The van der Waals surface area contributed by atoms with Crippen molar-refractivity contribution in [2.45, 2.75) is 45.8 Å². The Morgan fingerprint density at radius 2 is 1.95 bits per heavy atom. The Morgan fingerprint density at radius 3 is 2.65 bits per heavy atom. The van der Waals surface area contributed by atoms with Crippen molar-refractivity contribution in [2.24, 2.45) is 5.73 Å². The molecule has 1 aliphatic rings. The van der Waals surface area contributed by atoms with E-state index in [0.717, 1.165) is 13.1 Å². The van der Waals surface area contributed by atoms with Crippen molar-refractivity contribution in [3.8, 4) is 0 Å². The molecule has 3 nitrogen and oxygen atoms in total. The zero-order valence-electron chi connectivity index (χ0n) is 12.4. The summed E-state index contributed by atoms with van der Waals surface area (Å²) >= 11 is 0. The third-order valence-corrected chi connectivity index (χ3v) is 4.45. The highest BCUT2D eigenvalue weighted by atomic mass is 15.1. The van der Waals surface area contributed by atoms with Crippen LogP contribution < -0.4 is 5.73 Å². The average molecular weight is 271 g/mol. The topological polar surface area (TPSA) is 34.2 Å². The Balaban J connectivity index is 1.93. The highest BCUT2D eigenvalue weighted by molar-refractivity contribution is 5.84. The second kappa shape index (κ2) is 5.98. The highest BCUT2D eigenvalue weighted by Crippen LogP contribution is 2.25. The lowest BCUT2D eigenvalue weighted by atomic mass is 10.1. The summed E-state index contributed by atoms with van der Waals surface area (Å²) in [4.78, 5) is 2.59. The van der Waals surface area contributed by atoms with E-state index in [2.05, 4.69) is 40.8 Å². The molecule has 0 bridgehead atoms. The summed E-state index contributed by atoms with van der Waals surface area (Å²) in [5, 5.41) is 1.40. The van der Waals surface area contributed by atoms with Crippen molar-refractivity contribution in [2.75, 3.05) is 13.1 Å². The minimum absolute atomic E-state index is 0.617.